The molecule has 5 nitrogen and oxygen atoms in total. The molecule has 1 amide bonds. The molecule has 2 aromatic heterocycles. The minimum Gasteiger partial charge on any atom is -0.311 e. The zero-order chi connectivity index (χ0) is 14.0. The maximum absolute atomic E-state index is 12.0. The van der Waals surface area contributed by atoms with Gasteiger partial charge < -0.3 is 4.90 Å². The van der Waals surface area contributed by atoms with Crippen LogP contribution in [0.5, 0.6) is 0 Å². The van der Waals surface area contributed by atoms with Gasteiger partial charge in [-0.25, -0.2) is 4.68 Å². The molecule has 2 aromatic rings. The highest BCUT2D eigenvalue weighted by atomic mass is 35.5. The van der Waals surface area contributed by atoms with E-state index in [2.05, 4.69) is 10.1 Å². The molecule has 0 spiro atoms. The van der Waals surface area contributed by atoms with Gasteiger partial charge in [0.1, 0.15) is 5.69 Å². The van der Waals surface area contributed by atoms with Crippen LogP contribution in [-0.4, -0.2) is 27.7 Å². The Bertz CT molecular complexity index is 580. The lowest BCUT2D eigenvalue weighted by molar-refractivity contribution is -0.121. The molecule has 0 aliphatic rings. The fourth-order valence-corrected chi connectivity index (χ4v) is 1.95. The van der Waals surface area contributed by atoms with Crippen LogP contribution >= 0.6 is 11.6 Å². The first-order valence-corrected chi connectivity index (χ1v) is 6.31. The van der Waals surface area contributed by atoms with E-state index in [-0.39, 0.29) is 11.8 Å². The topological polar surface area (TPSA) is 51.0 Å². The third-order valence-corrected chi connectivity index (χ3v) is 3.02. The molecule has 0 bridgehead atoms. The third kappa shape index (κ3) is 2.76. The van der Waals surface area contributed by atoms with Crippen molar-refractivity contribution in [3.05, 3.63) is 35.9 Å². The number of carbonyl (C=O) groups excluding carboxylic acids is 1. The Morgan fingerprint density at radius 3 is 2.79 bits per heavy atom. The van der Waals surface area contributed by atoms with E-state index in [4.69, 9.17) is 11.6 Å². The molecule has 0 saturated carbocycles. The van der Waals surface area contributed by atoms with Crippen molar-refractivity contribution in [2.45, 2.75) is 13.8 Å². The molecule has 0 N–H and O–H groups in total. The maximum Gasteiger partial charge on any atom is 0.229 e. The summed E-state index contributed by atoms with van der Waals surface area (Å²) in [5, 5.41) is 4.48. The average molecular weight is 279 g/mol. The van der Waals surface area contributed by atoms with E-state index in [9.17, 15) is 4.79 Å². The molecular weight excluding hydrogens is 264 g/mol. The monoisotopic (exact) mass is 278 g/mol. The van der Waals surface area contributed by atoms with Crippen LogP contribution in [0.4, 0.5) is 5.69 Å². The molecule has 0 unspecified atom stereocenters. The van der Waals surface area contributed by atoms with Gasteiger partial charge in [0.05, 0.1) is 18.1 Å². The van der Waals surface area contributed by atoms with Gasteiger partial charge in [0, 0.05) is 19.2 Å². The van der Waals surface area contributed by atoms with Crippen molar-refractivity contribution in [3.8, 4) is 5.69 Å². The Kier molecular flexibility index (Phi) is 3.85. The van der Waals surface area contributed by atoms with Crippen molar-refractivity contribution in [1.82, 2.24) is 14.8 Å². The Labute approximate surface area is 116 Å². The lowest BCUT2D eigenvalue weighted by Gasteiger charge is -2.17. The lowest BCUT2D eigenvalue weighted by Crippen LogP contribution is -2.30. The molecule has 0 atom stereocenters. The molecule has 2 heterocycles. The zero-order valence-electron chi connectivity index (χ0n) is 11.0. The summed E-state index contributed by atoms with van der Waals surface area (Å²) in [6, 6.07) is 3.68. The fourth-order valence-electron chi connectivity index (χ4n) is 1.70. The first-order valence-electron chi connectivity index (χ1n) is 5.94. The molecule has 0 radical (unpaired) electrons. The van der Waals surface area contributed by atoms with Crippen LogP contribution in [-0.2, 0) is 4.79 Å². The van der Waals surface area contributed by atoms with Crippen LogP contribution in [0.2, 0.25) is 5.15 Å². The highest BCUT2D eigenvalue weighted by molar-refractivity contribution is 6.32. The fraction of sp³-hybridized carbons (Fsp3) is 0.308. The molecule has 19 heavy (non-hydrogen) atoms. The smallest absolute Gasteiger partial charge is 0.229 e. The molecule has 0 aliphatic heterocycles. The van der Waals surface area contributed by atoms with Crippen LogP contribution in [0.1, 0.15) is 13.8 Å². The molecule has 0 aromatic carbocycles. The first-order chi connectivity index (χ1) is 9.00. The minimum absolute atomic E-state index is 0.00682. The number of anilines is 1. The van der Waals surface area contributed by atoms with Gasteiger partial charge >= 0.3 is 0 Å². The van der Waals surface area contributed by atoms with Crippen molar-refractivity contribution in [1.29, 1.82) is 0 Å². The second kappa shape index (κ2) is 5.40. The van der Waals surface area contributed by atoms with Crippen LogP contribution < -0.4 is 4.90 Å². The predicted octanol–water partition coefficient (Wildman–Crippen LogP) is 2.54. The van der Waals surface area contributed by atoms with Crippen molar-refractivity contribution < 1.29 is 4.79 Å². The number of aromatic nitrogens is 3. The zero-order valence-corrected chi connectivity index (χ0v) is 11.8. The molecule has 6 heteroatoms. The van der Waals surface area contributed by atoms with Gasteiger partial charge in [0.2, 0.25) is 5.91 Å². The number of hydrogen-bond acceptors (Lipinski definition) is 3. The SMILES string of the molecule is CC(C)C(=O)N(C)c1cn(-c2cccnc2)nc1Cl. The molecule has 0 fully saturated rings. The maximum atomic E-state index is 12.0. The van der Waals surface area contributed by atoms with E-state index in [1.807, 2.05) is 26.0 Å². The molecular formula is C13H15ClN4O. The number of hydrogen-bond donors (Lipinski definition) is 0. The van der Waals surface area contributed by atoms with Gasteiger partial charge in [-0.2, -0.15) is 5.10 Å². The van der Waals surface area contributed by atoms with E-state index < -0.39 is 0 Å². The number of nitrogens with zero attached hydrogens (tertiary/aromatic N) is 4. The minimum atomic E-state index is -0.0946. The summed E-state index contributed by atoms with van der Waals surface area (Å²) < 4.78 is 1.61. The number of carbonyl (C=O) groups is 1. The Morgan fingerprint density at radius 1 is 1.47 bits per heavy atom. The van der Waals surface area contributed by atoms with Gasteiger partial charge in [-0.05, 0) is 12.1 Å². The molecule has 0 aliphatic carbocycles. The van der Waals surface area contributed by atoms with E-state index in [0.717, 1.165) is 5.69 Å². The Hall–Kier alpha value is -1.88. The van der Waals surface area contributed by atoms with Gasteiger partial charge in [0.25, 0.3) is 0 Å². The summed E-state index contributed by atoms with van der Waals surface area (Å²) in [4.78, 5) is 17.5. The lowest BCUT2D eigenvalue weighted by atomic mass is 10.2. The summed E-state index contributed by atoms with van der Waals surface area (Å²) in [6.45, 7) is 3.69. The number of halogens is 1. The quantitative estimate of drug-likeness (QED) is 0.867. The van der Waals surface area contributed by atoms with E-state index in [1.165, 1.54) is 4.90 Å². The summed E-state index contributed by atoms with van der Waals surface area (Å²) >= 11 is 6.09. The number of rotatable bonds is 3. The van der Waals surface area contributed by atoms with Crippen molar-refractivity contribution in [2.75, 3.05) is 11.9 Å². The van der Waals surface area contributed by atoms with E-state index >= 15 is 0 Å². The molecule has 0 saturated heterocycles. The van der Waals surface area contributed by atoms with Crippen molar-refractivity contribution in [3.63, 3.8) is 0 Å². The van der Waals surface area contributed by atoms with Gasteiger partial charge in [0.15, 0.2) is 5.15 Å². The van der Waals surface area contributed by atoms with Crippen molar-refractivity contribution in [2.24, 2.45) is 5.92 Å². The highest BCUT2D eigenvalue weighted by Crippen LogP contribution is 2.25. The third-order valence-electron chi connectivity index (χ3n) is 2.75. The van der Waals surface area contributed by atoms with Gasteiger partial charge in [-0.1, -0.05) is 25.4 Å². The summed E-state index contributed by atoms with van der Waals surface area (Å²) in [5.74, 6) is -0.101. The average Bonchev–Trinajstić information content (AvgIpc) is 2.80. The largest absolute Gasteiger partial charge is 0.311 e. The summed E-state index contributed by atoms with van der Waals surface area (Å²) in [7, 11) is 1.69. The normalized spacial score (nSPS) is 10.8. The predicted molar refractivity (Wildman–Crippen MR) is 74.6 cm³/mol. The van der Waals surface area contributed by atoms with Crippen LogP contribution in [0.3, 0.4) is 0 Å². The van der Waals surface area contributed by atoms with Crippen LogP contribution in [0, 0.1) is 5.92 Å². The first kappa shape index (κ1) is 13.5. The molecule has 100 valence electrons. The van der Waals surface area contributed by atoms with Gasteiger partial charge in [-0.15, -0.1) is 0 Å². The highest BCUT2D eigenvalue weighted by Gasteiger charge is 2.19. The molecule has 2 rings (SSSR count). The van der Waals surface area contributed by atoms with E-state index in [0.29, 0.717) is 10.8 Å². The number of amides is 1. The Morgan fingerprint density at radius 2 is 2.21 bits per heavy atom. The van der Waals surface area contributed by atoms with Crippen LogP contribution in [0.15, 0.2) is 30.7 Å². The summed E-state index contributed by atoms with van der Waals surface area (Å²) in [5.41, 5.74) is 1.38. The van der Waals surface area contributed by atoms with Gasteiger partial charge in [-0.3, -0.25) is 9.78 Å². The Balaban J connectivity index is 2.34. The number of pyridine rings is 1. The summed E-state index contributed by atoms with van der Waals surface area (Å²) in [6.07, 6.45) is 5.08. The second-order valence-electron chi connectivity index (χ2n) is 4.51. The van der Waals surface area contributed by atoms with Crippen molar-refractivity contribution >= 4 is 23.2 Å². The standard InChI is InChI=1S/C13H15ClN4O/c1-9(2)13(19)17(3)11-8-18(16-12(11)14)10-5-4-6-15-7-10/h4-9H,1-3H3. The van der Waals surface area contributed by atoms with E-state index in [1.54, 1.807) is 30.3 Å². The second-order valence-corrected chi connectivity index (χ2v) is 4.87. The van der Waals surface area contributed by atoms with Crippen LogP contribution in [0.25, 0.3) is 5.69 Å².